The molecule has 0 radical (unpaired) electrons. The Kier molecular flexibility index (Phi) is 5.64. The molecule has 2 rings (SSSR count). The molecule has 0 aromatic carbocycles. The summed E-state index contributed by atoms with van der Waals surface area (Å²) in [6, 6.07) is 0.647. The smallest absolute Gasteiger partial charge is 0.0635 e. The third-order valence-corrected chi connectivity index (χ3v) is 5.08. The molecule has 20 heavy (non-hydrogen) atoms. The Labute approximate surface area is 131 Å². The summed E-state index contributed by atoms with van der Waals surface area (Å²) in [6.45, 7) is 7.61. The van der Waals surface area contributed by atoms with Crippen molar-refractivity contribution >= 4 is 15.9 Å². The van der Waals surface area contributed by atoms with Crippen molar-refractivity contribution in [2.75, 3.05) is 27.2 Å². The molecule has 114 valence electrons. The van der Waals surface area contributed by atoms with Gasteiger partial charge < -0.3 is 10.2 Å². The van der Waals surface area contributed by atoms with Crippen molar-refractivity contribution in [3.63, 3.8) is 0 Å². The molecule has 1 aliphatic carbocycles. The van der Waals surface area contributed by atoms with Gasteiger partial charge in [0.1, 0.15) is 0 Å². The van der Waals surface area contributed by atoms with Gasteiger partial charge in [0.2, 0.25) is 0 Å². The highest BCUT2D eigenvalue weighted by Crippen LogP contribution is 2.42. The zero-order valence-electron chi connectivity index (χ0n) is 13.1. The molecule has 4 nitrogen and oxygen atoms in total. The molecule has 1 saturated carbocycles. The monoisotopic (exact) mass is 342 g/mol. The molecule has 0 aliphatic heterocycles. The van der Waals surface area contributed by atoms with E-state index in [-0.39, 0.29) is 0 Å². The van der Waals surface area contributed by atoms with Crippen LogP contribution < -0.4 is 5.32 Å². The summed E-state index contributed by atoms with van der Waals surface area (Å²) >= 11 is 3.70. The molecule has 3 unspecified atom stereocenters. The molecular weight excluding hydrogens is 316 g/mol. The zero-order valence-corrected chi connectivity index (χ0v) is 14.7. The Balaban J connectivity index is 2.14. The highest BCUT2D eigenvalue weighted by Gasteiger charge is 2.36. The second-order valence-electron chi connectivity index (χ2n) is 6.11. The fourth-order valence-corrected chi connectivity index (χ4v) is 3.90. The van der Waals surface area contributed by atoms with E-state index in [1.807, 2.05) is 6.20 Å². The first kappa shape index (κ1) is 16.0. The zero-order chi connectivity index (χ0) is 14.7. The van der Waals surface area contributed by atoms with Crippen molar-refractivity contribution in [2.45, 2.75) is 45.2 Å². The van der Waals surface area contributed by atoms with Crippen LogP contribution in [0.4, 0.5) is 0 Å². The number of hydrogen-bond acceptors (Lipinski definition) is 3. The molecular formula is C15H27BrN4. The van der Waals surface area contributed by atoms with Crippen LogP contribution in [0.3, 0.4) is 0 Å². The molecule has 0 amide bonds. The molecule has 5 heteroatoms. The van der Waals surface area contributed by atoms with Crippen LogP contribution in [0.2, 0.25) is 0 Å². The molecule has 0 bridgehead atoms. The SMILES string of the molecule is CCNC1CCC(c2c(Br)cnn2CCN(C)C)C1C. The first-order valence-electron chi connectivity index (χ1n) is 7.63. The van der Waals surface area contributed by atoms with E-state index >= 15 is 0 Å². The van der Waals surface area contributed by atoms with Crippen molar-refractivity contribution in [2.24, 2.45) is 5.92 Å². The van der Waals surface area contributed by atoms with Crippen LogP contribution in [0.15, 0.2) is 10.7 Å². The topological polar surface area (TPSA) is 33.1 Å². The van der Waals surface area contributed by atoms with Crippen LogP contribution in [0.1, 0.15) is 38.3 Å². The summed E-state index contributed by atoms with van der Waals surface area (Å²) in [7, 11) is 4.22. The van der Waals surface area contributed by atoms with Crippen LogP contribution in [-0.2, 0) is 6.54 Å². The second kappa shape index (κ2) is 7.05. The highest BCUT2D eigenvalue weighted by molar-refractivity contribution is 9.10. The Hall–Kier alpha value is -0.390. The molecule has 1 heterocycles. The predicted molar refractivity (Wildman–Crippen MR) is 87.1 cm³/mol. The van der Waals surface area contributed by atoms with Crippen molar-refractivity contribution in [3.8, 4) is 0 Å². The summed E-state index contributed by atoms with van der Waals surface area (Å²) < 4.78 is 3.37. The number of rotatable bonds is 6. The number of hydrogen-bond donors (Lipinski definition) is 1. The van der Waals surface area contributed by atoms with Crippen molar-refractivity contribution in [3.05, 3.63) is 16.4 Å². The van der Waals surface area contributed by atoms with Crippen molar-refractivity contribution < 1.29 is 0 Å². The maximum absolute atomic E-state index is 4.56. The lowest BCUT2D eigenvalue weighted by molar-refractivity contribution is 0.355. The number of halogens is 1. The first-order valence-corrected chi connectivity index (χ1v) is 8.43. The van der Waals surface area contributed by atoms with Crippen LogP contribution in [0.25, 0.3) is 0 Å². The number of nitrogens with one attached hydrogen (secondary N) is 1. The number of aromatic nitrogens is 2. The lowest BCUT2D eigenvalue weighted by Crippen LogP contribution is -2.32. The van der Waals surface area contributed by atoms with E-state index in [1.54, 1.807) is 0 Å². The normalized spacial score (nSPS) is 26.6. The summed E-state index contributed by atoms with van der Waals surface area (Å²) in [4.78, 5) is 2.21. The van der Waals surface area contributed by atoms with E-state index in [0.29, 0.717) is 17.9 Å². The van der Waals surface area contributed by atoms with Gasteiger partial charge in [-0.3, -0.25) is 4.68 Å². The minimum Gasteiger partial charge on any atom is -0.314 e. The fourth-order valence-electron chi connectivity index (χ4n) is 3.31. The quantitative estimate of drug-likeness (QED) is 0.862. The van der Waals surface area contributed by atoms with Gasteiger partial charge in [-0.1, -0.05) is 13.8 Å². The fraction of sp³-hybridized carbons (Fsp3) is 0.800. The first-order chi connectivity index (χ1) is 9.54. The number of nitrogens with zero attached hydrogens (tertiary/aromatic N) is 3. The van der Waals surface area contributed by atoms with E-state index < -0.39 is 0 Å². The third kappa shape index (κ3) is 3.43. The molecule has 1 N–H and O–H groups in total. The summed E-state index contributed by atoms with van der Waals surface area (Å²) in [5, 5.41) is 8.18. The molecule has 1 fully saturated rings. The van der Waals surface area contributed by atoms with Gasteiger partial charge in [0.05, 0.1) is 22.9 Å². The van der Waals surface area contributed by atoms with E-state index in [2.05, 4.69) is 63.9 Å². The minimum atomic E-state index is 0.609. The molecule has 1 aromatic rings. The Morgan fingerprint density at radius 2 is 2.20 bits per heavy atom. The molecule has 0 spiro atoms. The Morgan fingerprint density at radius 3 is 2.85 bits per heavy atom. The van der Waals surface area contributed by atoms with Gasteiger partial charge in [0.25, 0.3) is 0 Å². The Morgan fingerprint density at radius 1 is 1.45 bits per heavy atom. The predicted octanol–water partition coefficient (Wildman–Crippen LogP) is 2.70. The summed E-state index contributed by atoms with van der Waals surface area (Å²) in [5.74, 6) is 1.28. The third-order valence-electron chi connectivity index (χ3n) is 4.47. The van der Waals surface area contributed by atoms with Crippen LogP contribution in [0.5, 0.6) is 0 Å². The number of likely N-dealkylation sites (N-methyl/N-ethyl adjacent to an activating group) is 1. The van der Waals surface area contributed by atoms with E-state index in [1.165, 1.54) is 23.0 Å². The molecule has 1 aliphatic rings. The lowest BCUT2D eigenvalue weighted by atomic mass is 9.92. The van der Waals surface area contributed by atoms with Gasteiger partial charge in [-0.05, 0) is 55.3 Å². The standard InChI is InChI=1S/C15H27BrN4/c1-5-17-14-7-6-12(11(14)2)15-13(16)10-18-20(15)9-8-19(3)4/h10-12,14,17H,5-9H2,1-4H3. The van der Waals surface area contributed by atoms with E-state index in [0.717, 1.165) is 19.6 Å². The van der Waals surface area contributed by atoms with Crippen LogP contribution >= 0.6 is 15.9 Å². The lowest BCUT2D eigenvalue weighted by Gasteiger charge is -2.23. The van der Waals surface area contributed by atoms with Gasteiger partial charge in [-0.2, -0.15) is 5.10 Å². The second-order valence-corrected chi connectivity index (χ2v) is 6.97. The van der Waals surface area contributed by atoms with Crippen LogP contribution in [0, 0.1) is 5.92 Å². The highest BCUT2D eigenvalue weighted by atomic mass is 79.9. The van der Waals surface area contributed by atoms with Gasteiger partial charge in [0.15, 0.2) is 0 Å². The van der Waals surface area contributed by atoms with Crippen LogP contribution in [-0.4, -0.2) is 47.9 Å². The molecule has 0 saturated heterocycles. The average Bonchev–Trinajstić information content (AvgIpc) is 2.92. The Bertz CT molecular complexity index is 430. The summed E-state index contributed by atoms with van der Waals surface area (Å²) in [6.07, 6.45) is 4.48. The maximum Gasteiger partial charge on any atom is 0.0635 e. The van der Waals surface area contributed by atoms with Crippen molar-refractivity contribution in [1.82, 2.24) is 20.0 Å². The van der Waals surface area contributed by atoms with E-state index in [4.69, 9.17) is 0 Å². The molecule has 3 atom stereocenters. The van der Waals surface area contributed by atoms with Gasteiger partial charge in [-0.25, -0.2) is 0 Å². The van der Waals surface area contributed by atoms with Crippen molar-refractivity contribution in [1.29, 1.82) is 0 Å². The van der Waals surface area contributed by atoms with E-state index in [9.17, 15) is 0 Å². The van der Waals surface area contributed by atoms with Gasteiger partial charge in [-0.15, -0.1) is 0 Å². The average molecular weight is 343 g/mol. The largest absolute Gasteiger partial charge is 0.314 e. The minimum absolute atomic E-state index is 0.609. The summed E-state index contributed by atoms with van der Waals surface area (Å²) in [5.41, 5.74) is 1.39. The van der Waals surface area contributed by atoms with Gasteiger partial charge in [0, 0.05) is 18.5 Å². The maximum atomic E-state index is 4.56. The molecule has 1 aromatic heterocycles. The van der Waals surface area contributed by atoms with Gasteiger partial charge >= 0.3 is 0 Å².